The minimum Gasteiger partial charge on any atom is -0.454 e. The number of amides is 1. The molecule has 0 radical (unpaired) electrons. The molecule has 0 fully saturated rings. The average molecular weight is 265 g/mol. The Balaban J connectivity index is 1.88. The summed E-state index contributed by atoms with van der Waals surface area (Å²) < 4.78 is 15.2. The highest BCUT2D eigenvalue weighted by Crippen LogP contribution is 2.32. The summed E-state index contributed by atoms with van der Waals surface area (Å²) in [6, 6.07) is 5.43. The van der Waals surface area contributed by atoms with Crippen molar-refractivity contribution in [2.45, 2.75) is 26.5 Å². The number of nitrogens with one attached hydrogen (secondary N) is 1. The van der Waals surface area contributed by atoms with Gasteiger partial charge in [-0.2, -0.15) is 0 Å². The van der Waals surface area contributed by atoms with Gasteiger partial charge in [0.15, 0.2) is 17.6 Å². The van der Waals surface area contributed by atoms with E-state index in [1.54, 1.807) is 12.1 Å². The first-order valence-corrected chi connectivity index (χ1v) is 5.89. The summed E-state index contributed by atoms with van der Waals surface area (Å²) >= 11 is 0. The molecule has 6 nitrogen and oxygen atoms in total. The minimum absolute atomic E-state index is 0.217. The van der Waals surface area contributed by atoms with Gasteiger partial charge >= 0.3 is 5.97 Å². The van der Waals surface area contributed by atoms with Crippen LogP contribution in [0.3, 0.4) is 0 Å². The van der Waals surface area contributed by atoms with Crippen LogP contribution in [0.4, 0.5) is 0 Å². The van der Waals surface area contributed by atoms with Gasteiger partial charge in [0.2, 0.25) is 6.79 Å². The van der Waals surface area contributed by atoms with Crippen molar-refractivity contribution >= 4 is 11.9 Å². The van der Waals surface area contributed by atoms with E-state index >= 15 is 0 Å². The van der Waals surface area contributed by atoms with Crippen molar-refractivity contribution in [1.29, 1.82) is 0 Å². The molecule has 1 aliphatic heterocycles. The summed E-state index contributed by atoms with van der Waals surface area (Å²) in [6.45, 7) is 3.34. The fourth-order valence-corrected chi connectivity index (χ4v) is 1.69. The van der Waals surface area contributed by atoms with Crippen LogP contribution in [0.1, 0.15) is 19.4 Å². The highest BCUT2D eigenvalue weighted by atomic mass is 16.7. The van der Waals surface area contributed by atoms with Crippen LogP contribution >= 0.6 is 0 Å². The smallest absolute Gasteiger partial charge is 0.303 e. The van der Waals surface area contributed by atoms with Crippen molar-refractivity contribution in [3.63, 3.8) is 0 Å². The SMILES string of the molecule is CC(=O)O[C@@H](C)C(=O)NCc1ccc2c(c1)OCO2. The lowest BCUT2D eigenvalue weighted by Gasteiger charge is -2.12. The first-order valence-electron chi connectivity index (χ1n) is 5.89. The molecule has 1 atom stereocenters. The molecular weight excluding hydrogens is 250 g/mol. The molecule has 19 heavy (non-hydrogen) atoms. The molecule has 0 spiro atoms. The topological polar surface area (TPSA) is 73.9 Å². The standard InChI is InChI=1S/C13H15NO5/c1-8(19-9(2)15)13(16)14-6-10-3-4-11-12(5-10)18-7-17-11/h3-5,8H,6-7H2,1-2H3,(H,14,16)/t8-/m0/s1. The molecule has 2 rings (SSSR count). The zero-order valence-corrected chi connectivity index (χ0v) is 10.8. The lowest BCUT2D eigenvalue weighted by Crippen LogP contribution is -2.34. The van der Waals surface area contributed by atoms with E-state index in [0.29, 0.717) is 18.0 Å². The van der Waals surface area contributed by atoms with Gasteiger partial charge in [0.05, 0.1) is 0 Å². The maximum absolute atomic E-state index is 11.6. The monoisotopic (exact) mass is 265 g/mol. The molecule has 6 heteroatoms. The molecule has 1 amide bonds. The maximum atomic E-state index is 11.6. The van der Waals surface area contributed by atoms with Gasteiger partial charge in [0, 0.05) is 13.5 Å². The number of rotatable bonds is 4. The molecule has 0 unspecified atom stereocenters. The van der Waals surface area contributed by atoms with Gasteiger partial charge in [-0.05, 0) is 24.6 Å². The van der Waals surface area contributed by atoms with Gasteiger partial charge in [0.1, 0.15) is 0 Å². The van der Waals surface area contributed by atoms with Gasteiger partial charge in [0.25, 0.3) is 5.91 Å². The lowest BCUT2D eigenvalue weighted by molar-refractivity contribution is -0.152. The molecule has 0 aromatic heterocycles. The molecule has 1 heterocycles. The maximum Gasteiger partial charge on any atom is 0.303 e. The predicted octanol–water partition coefficient (Wildman–Crippen LogP) is 0.983. The summed E-state index contributed by atoms with van der Waals surface area (Å²) in [5.74, 6) is 0.543. The Morgan fingerprint density at radius 1 is 1.37 bits per heavy atom. The van der Waals surface area contributed by atoms with Gasteiger partial charge in [-0.1, -0.05) is 6.07 Å². The molecule has 1 aromatic carbocycles. The number of ether oxygens (including phenoxy) is 3. The largest absolute Gasteiger partial charge is 0.454 e. The van der Waals surface area contributed by atoms with Crippen molar-refractivity contribution < 1.29 is 23.8 Å². The highest BCUT2D eigenvalue weighted by Gasteiger charge is 2.16. The van der Waals surface area contributed by atoms with Crippen molar-refractivity contribution in [2.75, 3.05) is 6.79 Å². The van der Waals surface area contributed by atoms with E-state index < -0.39 is 12.1 Å². The second kappa shape index (κ2) is 5.60. The number of hydrogen-bond acceptors (Lipinski definition) is 5. The van der Waals surface area contributed by atoms with Gasteiger partial charge in [-0.3, -0.25) is 9.59 Å². The van der Waals surface area contributed by atoms with E-state index in [2.05, 4.69) is 5.32 Å². The Morgan fingerprint density at radius 3 is 2.84 bits per heavy atom. The Morgan fingerprint density at radius 2 is 2.11 bits per heavy atom. The number of benzene rings is 1. The van der Waals surface area contributed by atoms with Gasteiger partial charge in [-0.15, -0.1) is 0 Å². The molecule has 0 saturated heterocycles. The van der Waals surface area contributed by atoms with Crippen LogP contribution in [0.2, 0.25) is 0 Å². The van der Waals surface area contributed by atoms with Crippen molar-refractivity contribution in [3.8, 4) is 11.5 Å². The quantitative estimate of drug-likeness (QED) is 0.821. The molecule has 0 bridgehead atoms. The van der Waals surface area contributed by atoms with Crippen molar-refractivity contribution in [2.24, 2.45) is 0 Å². The summed E-state index contributed by atoms with van der Waals surface area (Å²) in [5.41, 5.74) is 0.882. The van der Waals surface area contributed by atoms with Crippen LogP contribution < -0.4 is 14.8 Å². The molecule has 1 aliphatic rings. The fraction of sp³-hybridized carbons (Fsp3) is 0.385. The van der Waals surface area contributed by atoms with E-state index in [-0.39, 0.29) is 12.7 Å². The molecule has 102 valence electrons. The number of carbonyl (C=O) groups is 2. The Bertz CT molecular complexity index is 500. The number of hydrogen-bond donors (Lipinski definition) is 1. The third-order valence-corrected chi connectivity index (χ3v) is 2.62. The van der Waals surface area contributed by atoms with Crippen LogP contribution in [0, 0.1) is 0 Å². The zero-order valence-electron chi connectivity index (χ0n) is 10.8. The third kappa shape index (κ3) is 3.37. The van der Waals surface area contributed by atoms with Crippen molar-refractivity contribution in [1.82, 2.24) is 5.32 Å². The van der Waals surface area contributed by atoms with Gasteiger partial charge in [-0.25, -0.2) is 0 Å². The third-order valence-electron chi connectivity index (χ3n) is 2.62. The molecular formula is C13H15NO5. The molecule has 0 aliphatic carbocycles. The normalized spacial score (nSPS) is 13.8. The molecule has 1 N–H and O–H groups in total. The Hall–Kier alpha value is -2.24. The predicted molar refractivity (Wildman–Crippen MR) is 65.6 cm³/mol. The Kier molecular flexibility index (Phi) is 3.89. The first kappa shape index (κ1) is 13.2. The summed E-state index contributed by atoms with van der Waals surface area (Å²) in [5, 5.41) is 2.68. The van der Waals surface area contributed by atoms with Crippen LogP contribution in [0.15, 0.2) is 18.2 Å². The Labute approximate surface area is 110 Å². The average Bonchev–Trinajstić information content (AvgIpc) is 2.82. The summed E-state index contributed by atoms with van der Waals surface area (Å²) in [7, 11) is 0. The van der Waals surface area contributed by atoms with Crippen LogP contribution in [-0.4, -0.2) is 24.8 Å². The second-order valence-corrected chi connectivity index (χ2v) is 4.16. The van der Waals surface area contributed by atoms with E-state index in [1.807, 2.05) is 6.07 Å². The van der Waals surface area contributed by atoms with E-state index in [1.165, 1.54) is 13.8 Å². The van der Waals surface area contributed by atoms with Crippen LogP contribution in [0.5, 0.6) is 11.5 Å². The lowest BCUT2D eigenvalue weighted by atomic mass is 10.2. The van der Waals surface area contributed by atoms with E-state index in [4.69, 9.17) is 14.2 Å². The van der Waals surface area contributed by atoms with Crippen molar-refractivity contribution in [3.05, 3.63) is 23.8 Å². The van der Waals surface area contributed by atoms with Crippen LogP contribution in [-0.2, 0) is 20.9 Å². The first-order chi connectivity index (χ1) is 9.06. The molecule has 0 saturated carbocycles. The highest BCUT2D eigenvalue weighted by molar-refractivity contribution is 5.82. The minimum atomic E-state index is -0.800. The number of fused-ring (bicyclic) bond motifs is 1. The van der Waals surface area contributed by atoms with Crippen LogP contribution in [0.25, 0.3) is 0 Å². The zero-order chi connectivity index (χ0) is 13.8. The summed E-state index contributed by atoms with van der Waals surface area (Å²) in [4.78, 5) is 22.4. The van der Waals surface area contributed by atoms with E-state index in [9.17, 15) is 9.59 Å². The molecule has 1 aromatic rings. The second-order valence-electron chi connectivity index (χ2n) is 4.16. The number of carbonyl (C=O) groups excluding carboxylic acids is 2. The number of esters is 1. The fourth-order valence-electron chi connectivity index (χ4n) is 1.69. The summed E-state index contributed by atoms with van der Waals surface area (Å²) in [6.07, 6.45) is -0.800. The van der Waals surface area contributed by atoms with Gasteiger partial charge < -0.3 is 19.5 Å². The van der Waals surface area contributed by atoms with E-state index in [0.717, 1.165) is 5.56 Å².